The van der Waals surface area contributed by atoms with Crippen LogP contribution in [0.1, 0.15) is 49.2 Å². The van der Waals surface area contributed by atoms with Crippen LogP contribution >= 0.6 is 0 Å². The summed E-state index contributed by atoms with van der Waals surface area (Å²) < 4.78 is 1.43. The summed E-state index contributed by atoms with van der Waals surface area (Å²) in [6.07, 6.45) is 1.70. The number of aromatic nitrogens is 1. The molecular weight excluding hydrogens is 472 g/mol. The van der Waals surface area contributed by atoms with Crippen molar-refractivity contribution in [1.82, 2.24) is 14.8 Å². The van der Waals surface area contributed by atoms with Gasteiger partial charge in [0.15, 0.2) is 0 Å². The molecule has 0 radical (unpaired) electrons. The summed E-state index contributed by atoms with van der Waals surface area (Å²) in [5.74, 6) is -2.98. The fourth-order valence-corrected chi connectivity index (χ4v) is 5.51. The zero-order valence-corrected chi connectivity index (χ0v) is 21.0. The van der Waals surface area contributed by atoms with Gasteiger partial charge in [0.05, 0.1) is 0 Å². The third-order valence-electron chi connectivity index (χ3n) is 7.18. The number of primary amides is 1. The quantitative estimate of drug-likeness (QED) is 0.434. The molecule has 0 spiro atoms. The molecule has 9 heteroatoms. The molecule has 1 fully saturated rings. The van der Waals surface area contributed by atoms with E-state index in [0.717, 1.165) is 5.39 Å². The molecule has 4 N–H and O–H groups in total. The SMILES string of the molecule is CC(C)C(C(N)=O)(c1ccccc1)N1CCCC[C@H](NC(=O)c2cc3ccccc3n2CC(=O)O)C1=O. The molecule has 3 aromatic rings. The summed E-state index contributed by atoms with van der Waals surface area (Å²) >= 11 is 0. The first-order valence-electron chi connectivity index (χ1n) is 12.5. The Balaban J connectivity index is 1.71. The lowest BCUT2D eigenvalue weighted by molar-refractivity contribution is -0.151. The second-order valence-electron chi connectivity index (χ2n) is 9.73. The fraction of sp³-hybridized carbons (Fsp3) is 0.357. The first kappa shape index (κ1) is 25.9. The second kappa shape index (κ2) is 10.5. The zero-order valence-electron chi connectivity index (χ0n) is 21.0. The smallest absolute Gasteiger partial charge is 0.323 e. The highest BCUT2D eigenvalue weighted by Gasteiger charge is 2.51. The van der Waals surface area contributed by atoms with Crippen molar-refractivity contribution in [2.75, 3.05) is 6.54 Å². The van der Waals surface area contributed by atoms with E-state index in [9.17, 15) is 24.3 Å². The Kier molecular flexibility index (Phi) is 7.33. The summed E-state index contributed by atoms with van der Waals surface area (Å²) in [6.45, 7) is 3.63. The van der Waals surface area contributed by atoms with Crippen LogP contribution < -0.4 is 11.1 Å². The van der Waals surface area contributed by atoms with Gasteiger partial charge >= 0.3 is 5.97 Å². The largest absolute Gasteiger partial charge is 0.480 e. The molecule has 0 saturated carbocycles. The number of hydrogen-bond donors (Lipinski definition) is 3. The lowest BCUT2D eigenvalue weighted by Crippen LogP contribution is -2.63. The van der Waals surface area contributed by atoms with Crippen molar-refractivity contribution in [3.05, 3.63) is 71.9 Å². The second-order valence-corrected chi connectivity index (χ2v) is 9.73. The first-order valence-corrected chi connectivity index (χ1v) is 12.5. The summed E-state index contributed by atoms with van der Waals surface area (Å²) in [5, 5.41) is 13.0. The Bertz CT molecular complexity index is 1330. The maximum absolute atomic E-state index is 14.0. The Morgan fingerprint density at radius 2 is 1.76 bits per heavy atom. The van der Waals surface area contributed by atoms with Crippen molar-refractivity contribution in [2.24, 2.45) is 11.7 Å². The van der Waals surface area contributed by atoms with Crippen molar-refractivity contribution < 1.29 is 24.3 Å². The van der Waals surface area contributed by atoms with Crippen LogP contribution in [0.2, 0.25) is 0 Å². The van der Waals surface area contributed by atoms with Gasteiger partial charge < -0.3 is 25.6 Å². The molecule has 0 aliphatic carbocycles. The van der Waals surface area contributed by atoms with E-state index < -0.39 is 35.9 Å². The van der Waals surface area contributed by atoms with E-state index in [4.69, 9.17) is 5.73 Å². The summed E-state index contributed by atoms with van der Waals surface area (Å²) in [6, 6.07) is 16.9. The van der Waals surface area contributed by atoms with Crippen LogP contribution in [0, 0.1) is 5.92 Å². The van der Waals surface area contributed by atoms with Gasteiger partial charge in [-0.1, -0.05) is 62.4 Å². The molecule has 37 heavy (non-hydrogen) atoms. The molecule has 1 saturated heterocycles. The topological polar surface area (TPSA) is 135 Å². The van der Waals surface area contributed by atoms with Crippen LogP contribution in [0.3, 0.4) is 0 Å². The van der Waals surface area contributed by atoms with E-state index in [2.05, 4.69) is 5.32 Å². The van der Waals surface area contributed by atoms with Gasteiger partial charge in [0.25, 0.3) is 5.91 Å². The number of aliphatic carboxylic acids is 1. The van der Waals surface area contributed by atoms with E-state index >= 15 is 0 Å². The third kappa shape index (κ3) is 4.69. The monoisotopic (exact) mass is 504 g/mol. The molecule has 3 amide bonds. The predicted octanol–water partition coefficient (Wildman–Crippen LogP) is 2.87. The number of carboxylic acid groups (broad SMARTS) is 1. The number of carbonyl (C=O) groups excluding carboxylic acids is 3. The number of likely N-dealkylation sites (tertiary alicyclic amines) is 1. The van der Waals surface area contributed by atoms with Gasteiger partial charge in [-0.2, -0.15) is 0 Å². The minimum absolute atomic E-state index is 0.153. The van der Waals surface area contributed by atoms with Gasteiger partial charge in [-0.15, -0.1) is 0 Å². The average Bonchev–Trinajstić information content (AvgIpc) is 3.12. The molecule has 2 heterocycles. The Labute approximate surface area is 215 Å². The lowest BCUT2D eigenvalue weighted by Gasteiger charge is -2.45. The molecule has 4 rings (SSSR count). The highest BCUT2D eigenvalue weighted by Crippen LogP contribution is 2.38. The number of carboxylic acids is 1. The Morgan fingerprint density at radius 1 is 1.08 bits per heavy atom. The first-order chi connectivity index (χ1) is 17.7. The molecule has 1 unspecified atom stereocenters. The van der Waals surface area contributed by atoms with Crippen LogP contribution in [0.15, 0.2) is 60.7 Å². The maximum Gasteiger partial charge on any atom is 0.323 e. The zero-order chi connectivity index (χ0) is 26.7. The third-order valence-corrected chi connectivity index (χ3v) is 7.18. The normalized spacial score (nSPS) is 17.9. The molecular formula is C28H32N4O5. The number of nitrogens with zero attached hydrogens (tertiary/aromatic N) is 2. The van der Waals surface area contributed by atoms with Crippen molar-refractivity contribution >= 4 is 34.6 Å². The maximum atomic E-state index is 14.0. The lowest BCUT2D eigenvalue weighted by atomic mass is 9.77. The summed E-state index contributed by atoms with van der Waals surface area (Å²) in [4.78, 5) is 53.6. The van der Waals surface area contributed by atoms with Gasteiger partial charge in [-0.25, -0.2) is 0 Å². The fourth-order valence-electron chi connectivity index (χ4n) is 5.51. The predicted molar refractivity (Wildman–Crippen MR) is 139 cm³/mol. The van der Waals surface area contributed by atoms with Crippen molar-refractivity contribution in [2.45, 2.75) is 51.2 Å². The number of benzene rings is 2. The van der Waals surface area contributed by atoms with E-state index in [0.29, 0.717) is 36.9 Å². The van der Waals surface area contributed by atoms with Gasteiger partial charge in [0.2, 0.25) is 11.8 Å². The number of fused-ring (bicyclic) bond motifs is 1. The number of para-hydroxylation sites is 1. The summed E-state index contributed by atoms with van der Waals surface area (Å²) in [7, 11) is 0. The van der Waals surface area contributed by atoms with E-state index in [1.54, 1.807) is 54.6 Å². The highest BCUT2D eigenvalue weighted by molar-refractivity contribution is 6.02. The van der Waals surface area contributed by atoms with Crippen molar-refractivity contribution in [1.29, 1.82) is 0 Å². The van der Waals surface area contributed by atoms with Crippen LogP contribution in [-0.4, -0.2) is 50.9 Å². The number of nitrogens with two attached hydrogens (primary N) is 1. The minimum atomic E-state index is -1.39. The Hall–Kier alpha value is -4.14. The molecule has 1 aromatic heterocycles. The van der Waals surface area contributed by atoms with Gasteiger partial charge in [0, 0.05) is 17.4 Å². The number of hydrogen-bond acceptors (Lipinski definition) is 4. The van der Waals surface area contributed by atoms with Crippen LogP contribution in [0.5, 0.6) is 0 Å². The van der Waals surface area contributed by atoms with Crippen LogP contribution in [0.25, 0.3) is 10.9 Å². The van der Waals surface area contributed by atoms with Crippen molar-refractivity contribution in [3.63, 3.8) is 0 Å². The molecule has 0 bridgehead atoms. The molecule has 2 atom stereocenters. The standard InChI is InChI=1S/C28H32N4O5/c1-18(2)28(27(29)37,20-11-4-3-5-12-20)32-15-9-8-13-21(26(32)36)30-25(35)23-16-19-10-6-7-14-22(19)31(23)17-24(33)34/h3-7,10-12,14,16,18,21H,8-9,13,15,17H2,1-2H3,(H2,29,37)(H,30,35)(H,33,34)/t21-,28?/m0/s1. The highest BCUT2D eigenvalue weighted by atomic mass is 16.4. The molecule has 194 valence electrons. The van der Waals surface area contributed by atoms with E-state index in [1.807, 2.05) is 19.9 Å². The van der Waals surface area contributed by atoms with E-state index in [1.165, 1.54) is 9.47 Å². The molecule has 9 nitrogen and oxygen atoms in total. The van der Waals surface area contributed by atoms with Crippen LogP contribution in [-0.2, 0) is 26.5 Å². The van der Waals surface area contributed by atoms with Crippen LogP contribution in [0.4, 0.5) is 0 Å². The Morgan fingerprint density at radius 3 is 2.41 bits per heavy atom. The number of amides is 3. The van der Waals surface area contributed by atoms with Gasteiger partial charge in [-0.3, -0.25) is 19.2 Å². The average molecular weight is 505 g/mol. The molecule has 1 aliphatic heterocycles. The van der Waals surface area contributed by atoms with Gasteiger partial charge in [-0.05, 0) is 42.9 Å². The van der Waals surface area contributed by atoms with Gasteiger partial charge in [0.1, 0.15) is 23.8 Å². The molecule has 2 aromatic carbocycles. The number of rotatable bonds is 8. The van der Waals surface area contributed by atoms with Crippen molar-refractivity contribution in [3.8, 4) is 0 Å². The number of carbonyl (C=O) groups is 4. The number of nitrogens with one attached hydrogen (secondary N) is 1. The molecule has 1 aliphatic rings. The van der Waals surface area contributed by atoms with E-state index in [-0.39, 0.29) is 17.5 Å². The summed E-state index contributed by atoms with van der Waals surface area (Å²) in [5.41, 5.74) is 6.02. The minimum Gasteiger partial charge on any atom is -0.480 e.